The predicted octanol–water partition coefficient (Wildman–Crippen LogP) is 2.14. The zero-order chi connectivity index (χ0) is 11.6. The van der Waals surface area contributed by atoms with Gasteiger partial charge in [-0.1, -0.05) is 36.8 Å². The maximum Gasteiger partial charge on any atom is 0.0624 e. The van der Waals surface area contributed by atoms with Gasteiger partial charge >= 0.3 is 0 Å². The fourth-order valence-corrected chi connectivity index (χ4v) is 2.90. The summed E-state index contributed by atoms with van der Waals surface area (Å²) >= 11 is 0. The molecule has 3 atom stereocenters. The second-order valence-corrected chi connectivity index (χ2v) is 4.98. The summed E-state index contributed by atoms with van der Waals surface area (Å²) in [6.45, 7) is 1.80. The van der Waals surface area contributed by atoms with Crippen LogP contribution in [0.5, 0.6) is 0 Å². The van der Waals surface area contributed by atoms with E-state index in [1.54, 1.807) is 6.92 Å². The molecular formula is C14H20O2. The first kappa shape index (κ1) is 11.6. The summed E-state index contributed by atoms with van der Waals surface area (Å²) in [6, 6.07) is 10.1. The van der Waals surface area contributed by atoms with Gasteiger partial charge < -0.3 is 10.2 Å². The summed E-state index contributed by atoms with van der Waals surface area (Å²) in [5, 5.41) is 20.1. The van der Waals surface area contributed by atoms with Crippen molar-refractivity contribution in [2.24, 2.45) is 5.41 Å². The van der Waals surface area contributed by atoms with Crippen LogP contribution < -0.4 is 0 Å². The monoisotopic (exact) mass is 220 g/mol. The van der Waals surface area contributed by atoms with E-state index in [2.05, 4.69) is 12.1 Å². The van der Waals surface area contributed by atoms with Crippen LogP contribution >= 0.6 is 0 Å². The standard InChI is InChI=1S/C14H20O2/c1-11(15)14(9-5-8-13(14)16)10-12-6-3-2-4-7-12/h2-4,6-7,11,13,15-16H,5,8-10H2,1H3/t11-,13+,14-/m1/s1. The number of benzene rings is 1. The Balaban J connectivity index is 2.22. The van der Waals surface area contributed by atoms with Gasteiger partial charge in [-0.15, -0.1) is 0 Å². The van der Waals surface area contributed by atoms with Gasteiger partial charge in [-0.05, 0) is 31.7 Å². The molecule has 2 heteroatoms. The van der Waals surface area contributed by atoms with Crippen LogP contribution in [0.4, 0.5) is 0 Å². The maximum atomic E-state index is 10.1. The summed E-state index contributed by atoms with van der Waals surface area (Å²) in [4.78, 5) is 0. The minimum atomic E-state index is -0.454. The van der Waals surface area contributed by atoms with E-state index < -0.39 is 6.10 Å². The number of rotatable bonds is 3. The van der Waals surface area contributed by atoms with Crippen LogP contribution in [0.15, 0.2) is 30.3 Å². The molecule has 1 aromatic rings. The second-order valence-electron chi connectivity index (χ2n) is 4.98. The molecule has 1 saturated carbocycles. The van der Waals surface area contributed by atoms with E-state index in [0.29, 0.717) is 0 Å². The highest BCUT2D eigenvalue weighted by Crippen LogP contribution is 2.43. The number of aliphatic hydroxyl groups excluding tert-OH is 2. The molecule has 0 aliphatic heterocycles. The Morgan fingerprint density at radius 1 is 1.38 bits per heavy atom. The molecule has 16 heavy (non-hydrogen) atoms. The van der Waals surface area contributed by atoms with Gasteiger partial charge in [0.05, 0.1) is 12.2 Å². The fourth-order valence-electron chi connectivity index (χ4n) is 2.90. The molecule has 1 fully saturated rings. The zero-order valence-corrected chi connectivity index (χ0v) is 9.76. The van der Waals surface area contributed by atoms with E-state index in [0.717, 1.165) is 25.7 Å². The van der Waals surface area contributed by atoms with Gasteiger partial charge in [0.1, 0.15) is 0 Å². The minimum absolute atomic E-state index is 0.332. The Morgan fingerprint density at radius 3 is 2.56 bits per heavy atom. The Hall–Kier alpha value is -0.860. The summed E-state index contributed by atoms with van der Waals surface area (Å²) < 4.78 is 0. The van der Waals surface area contributed by atoms with Crippen LogP contribution in [0.3, 0.4) is 0 Å². The second kappa shape index (κ2) is 4.56. The number of hydrogen-bond acceptors (Lipinski definition) is 2. The van der Waals surface area contributed by atoms with Gasteiger partial charge in [0, 0.05) is 5.41 Å². The van der Waals surface area contributed by atoms with Crippen LogP contribution in [0.2, 0.25) is 0 Å². The average molecular weight is 220 g/mol. The summed E-state index contributed by atoms with van der Waals surface area (Å²) in [5.74, 6) is 0. The van der Waals surface area contributed by atoms with E-state index in [4.69, 9.17) is 0 Å². The molecule has 2 N–H and O–H groups in total. The van der Waals surface area contributed by atoms with E-state index in [-0.39, 0.29) is 11.5 Å². The normalized spacial score (nSPS) is 31.6. The third-order valence-corrected chi connectivity index (χ3v) is 3.99. The van der Waals surface area contributed by atoms with Gasteiger partial charge in [0.2, 0.25) is 0 Å². The quantitative estimate of drug-likeness (QED) is 0.819. The summed E-state index contributed by atoms with van der Waals surface area (Å²) in [6.07, 6.45) is 2.70. The average Bonchev–Trinajstić information content (AvgIpc) is 2.63. The number of hydrogen-bond donors (Lipinski definition) is 2. The molecule has 0 radical (unpaired) electrons. The zero-order valence-electron chi connectivity index (χ0n) is 9.76. The van der Waals surface area contributed by atoms with E-state index >= 15 is 0 Å². The van der Waals surface area contributed by atoms with Crippen molar-refractivity contribution in [3.8, 4) is 0 Å². The third-order valence-electron chi connectivity index (χ3n) is 3.99. The van der Waals surface area contributed by atoms with Gasteiger partial charge in [-0.3, -0.25) is 0 Å². The molecule has 2 rings (SSSR count). The van der Waals surface area contributed by atoms with Crippen molar-refractivity contribution in [3.63, 3.8) is 0 Å². The Labute approximate surface area is 96.9 Å². The molecule has 0 unspecified atom stereocenters. The van der Waals surface area contributed by atoms with Crippen LogP contribution in [-0.2, 0) is 6.42 Å². The Morgan fingerprint density at radius 2 is 2.06 bits per heavy atom. The maximum absolute atomic E-state index is 10.1. The molecule has 0 bridgehead atoms. The van der Waals surface area contributed by atoms with Gasteiger partial charge in [0.25, 0.3) is 0 Å². The lowest BCUT2D eigenvalue weighted by Gasteiger charge is -2.36. The lowest BCUT2D eigenvalue weighted by atomic mass is 9.74. The SMILES string of the molecule is C[C@@H](O)[C@]1(Cc2ccccc2)CCC[C@@H]1O. The highest BCUT2D eigenvalue weighted by atomic mass is 16.3. The van der Waals surface area contributed by atoms with Crippen LogP contribution in [0, 0.1) is 5.41 Å². The summed E-state index contributed by atoms with van der Waals surface area (Å²) in [5.41, 5.74) is 0.866. The molecule has 1 aliphatic carbocycles. The summed E-state index contributed by atoms with van der Waals surface area (Å²) in [7, 11) is 0. The highest BCUT2D eigenvalue weighted by molar-refractivity contribution is 5.18. The van der Waals surface area contributed by atoms with Crippen LogP contribution in [0.25, 0.3) is 0 Å². The van der Waals surface area contributed by atoms with Crippen molar-refractivity contribution < 1.29 is 10.2 Å². The molecule has 88 valence electrons. The van der Waals surface area contributed by atoms with Crippen LogP contribution in [0.1, 0.15) is 31.7 Å². The minimum Gasteiger partial charge on any atom is -0.393 e. The largest absolute Gasteiger partial charge is 0.393 e. The van der Waals surface area contributed by atoms with Crippen molar-refractivity contribution in [1.29, 1.82) is 0 Å². The molecule has 1 aromatic carbocycles. The van der Waals surface area contributed by atoms with Gasteiger partial charge in [-0.25, -0.2) is 0 Å². The highest BCUT2D eigenvalue weighted by Gasteiger charge is 2.45. The van der Waals surface area contributed by atoms with Gasteiger partial charge in [-0.2, -0.15) is 0 Å². The lowest BCUT2D eigenvalue weighted by molar-refractivity contribution is -0.0421. The molecule has 0 saturated heterocycles. The predicted molar refractivity (Wildman–Crippen MR) is 64.1 cm³/mol. The van der Waals surface area contributed by atoms with Crippen molar-refractivity contribution in [3.05, 3.63) is 35.9 Å². The first-order valence-corrected chi connectivity index (χ1v) is 6.05. The Bertz CT molecular complexity index is 334. The van der Waals surface area contributed by atoms with Crippen LogP contribution in [-0.4, -0.2) is 22.4 Å². The molecule has 0 aromatic heterocycles. The van der Waals surface area contributed by atoms with Crippen molar-refractivity contribution >= 4 is 0 Å². The fraction of sp³-hybridized carbons (Fsp3) is 0.571. The Kier molecular flexibility index (Phi) is 3.31. The number of aliphatic hydroxyl groups is 2. The first-order chi connectivity index (χ1) is 7.65. The van der Waals surface area contributed by atoms with Gasteiger partial charge in [0.15, 0.2) is 0 Å². The molecule has 1 aliphatic rings. The molecule has 0 heterocycles. The van der Waals surface area contributed by atoms with Crippen molar-refractivity contribution in [2.75, 3.05) is 0 Å². The first-order valence-electron chi connectivity index (χ1n) is 6.05. The molecule has 0 spiro atoms. The molecule has 0 amide bonds. The smallest absolute Gasteiger partial charge is 0.0624 e. The topological polar surface area (TPSA) is 40.5 Å². The van der Waals surface area contributed by atoms with Crippen molar-refractivity contribution in [2.45, 2.75) is 44.8 Å². The van der Waals surface area contributed by atoms with E-state index in [1.807, 2.05) is 18.2 Å². The van der Waals surface area contributed by atoms with E-state index in [9.17, 15) is 10.2 Å². The third kappa shape index (κ3) is 2.00. The van der Waals surface area contributed by atoms with E-state index in [1.165, 1.54) is 5.56 Å². The molecular weight excluding hydrogens is 200 g/mol. The lowest BCUT2D eigenvalue weighted by Crippen LogP contribution is -2.42. The molecule has 2 nitrogen and oxygen atoms in total. The van der Waals surface area contributed by atoms with Crippen molar-refractivity contribution in [1.82, 2.24) is 0 Å².